The second-order valence-electron chi connectivity index (χ2n) is 8.00. The van der Waals surface area contributed by atoms with Gasteiger partial charge in [0, 0.05) is 12.3 Å². The van der Waals surface area contributed by atoms with Gasteiger partial charge >= 0.3 is 5.97 Å². The Morgan fingerprint density at radius 1 is 1.33 bits per heavy atom. The Morgan fingerprint density at radius 3 is 2.56 bits per heavy atom. The Morgan fingerprint density at radius 2 is 2.07 bits per heavy atom. The summed E-state index contributed by atoms with van der Waals surface area (Å²) >= 11 is 0. The van der Waals surface area contributed by atoms with Crippen molar-refractivity contribution in [1.29, 1.82) is 5.26 Å². The number of unbranched alkanes of at least 4 members (excludes halogenated alkanes) is 1. The fourth-order valence-corrected chi connectivity index (χ4v) is 4.05. The quantitative estimate of drug-likeness (QED) is 0.404. The summed E-state index contributed by atoms with van der Waals surface area (Å²) in [5.41, 5.74) is 0.217. The molecule has 152 valence electrons. The number of carboxylic acid groups (broad SMARTS) is 1. The first kappa shape index (κ1) is 23.4. The van der Waals surface area contributed by atoms with Crippen molar-refractivity contribution in [1.82, 2.24) is 0 Å². The summed E-state index contributed by atoms with van der Waals surface area (Å²) in [7, 11) is 0. The minimum Gasteiger partial charge on any atom is -0.481 e. The van der Waals surface area contributed by atoms with Gasteiger partial charge in [-0.25, -0.2) is 0 Å². The van der Waals surface area contributed by atoms with Crippen molar-refractivity contribution in [3.8, 4) is 6.07 Å². The van der Waals surface area contributed by atoms with Crippen LogP contribution in [0.25, 0.3) is 0 Å². The number of carboxylic acids is 1. The van der Waals surface area contributed by atoms with Crippen LogP contribution >= 0.6 is 0 Å². The third kappa shape index (κ3) is 8.30. The summed E-state index contributed by atoms with van der Waals surface area (Å²) in [6.07, 6.45) is 18.8. The number of hydrogen-bond donors (Lipinski definition) is 2. The van der Waals surface area contributed by atoms with Crippen molar-refractivity contribution in [2.75, 3.05) is 0 Å². The molecular weight excluding hydrogens is 338 g/mol. The largest absolute Gasteiger partial charge is 0.481 e. The standard InChI is InChI=1S/C16H25NO.C7H12O2/c1-2-16(9-4-10-16)15(18)6-3-5-13-7-8-14(11-13)12-17;1-2-3-4-5-6-7(8)9/h3,5,13-15,18H,2,4,6-11H2,1H3;2-3H,4-6H2,1H3,(H,8,9)/b5-3+;3-2-/t13-,14+,15?;/m0./s1. The summed E-state index contributed by atoms with van der Waals surface area (Å²) in [4.78, 5) is 9.94. The van der Waals surface area contributed by atoms with Crippen LogP contribution in [0.2, 0.25) is 0 Å². The highest BCUT2D eigenvalue weighted by Gasteiger charge is 2.40. The lowest BCUT2D eigenvalue weighted by Gasteiger charge is -2.45. The van der Waals surface area contributed by atoms with Gasteiger partial charge in [0.2, 0.25) is 0 Å². The molecule has 0 amide bonds. The van der Waals surface area contributed by atoms with Crippen molar-refractivity contribution < 1.29 is 15.0 Å². The lowest BCUT2D eigenvalue weighted by Crippen LogP contribution is -2.40. The van der Waals surface area contributed by atoms with E-state index in [9.17, 15) is 9.90 Å². The molecule has 0 aromatic carbocycles. The second kappa shape index (κ2) is 12.7. The number of aliphatic carboxylic acids is 1. The average molecular weight is 376 g/mol. The number of aliphatic hydroxyl groups excluding tert-OH is 1. The first-order valence-electron chi connectivity index (χ1n) is 10.5. The number of allylic oxidation sites excluding steroid dienone is 3. The van der Waals surface area contributed by atoms with Crippen molar-refractivity contribution in [3.63, 3.8) is 0 Å². The number of hydrogen-bond acceptors (Lipinski definition) is 3. The minimum absolute atomic E-state index is 0.166. The molecule has 0 aromatic rings. The van der Waals surface area contributed by atoms with E-state index in [1.165, 1.54) is 19.3 Å². The Labute approximate surface area is 165 Å². The van der Waals surface area contributed by atoms with Gasteiger partial charge < -0.3 is 10.2 Å². The van der Waals surface area contributed by atoms with Gasteiger partial charge in [0.25, 0.3) is 0 Å². The summed E-state index contributed by atoms with van der Waals surface area (Å²) in [5, 5.41) is 27.3. The Kier molecular flexibility index (Phi) is 11.0. The predicted octanol–water partition coefficient (Wildman–Crippen LogP) is 5.63. The molecule has 2 N–H and O–H groups in total. The number of nitrogens with zero attached hydrogens (tertiary/aromatic N) is 1. The molecular formula is C23H37NO3. The van der Waals surface area contributed by atoms with E-state index in [1.54, 1.807) is 0 Å². The van der Waals surface area contributed by atoms with Crippen LogP contribution in [-0.2, 0) is 4.79 Å². The molecule has 0 bridgehead atoms. The molecule has 2 aliphatic rings. The van der Waals surface area contributed by atoms with Crippen LogP contribution in [0.3, 0.4) is 0 Å². The summed E-state index contributed by atoms with van der Waals surface area (Å²) < 4.78 is 0. The van der Waals surface area contributed by atoms with Gasteiger partial charge in [-0.15, -0.1) is 0 Å². The number of rotatable bonds is 9. The Bertz CT molecular complexity index is 523. The lowest BCUT2D eigenvalue weighted by molar-refractivity contribution is -0.137. The average Bonchev–Trinajstić information content (AvgIpc) is 3.07. The van der Waals surface area contributed by atoms with Gasteiger partial charge in [-0.1, -0.05) is 37.6 Å². The smallest absolute Gasteiger partial charge is 0.303 e. The molecule has 0 saturated heterocycles. The van der Waals surface area contributed by atoms with E-state index in [4.69, 9.17) is 10.4 Å². The van der Waals surface area contributed by atoms with Gasteiger partial charge in [-0.2, -0.15) is 5.26 Å². The highest BCUT2D eigenvalue weighted by atomic mass is 16.4. The molecule has 0 aliphatic heterocycles. The maximum Gasteiger partial charge on any atom is 0.303 e. The van der Waals surface area contributed by atoms with E-state index < -0.39 is 5.97 Å². The van der Waals surface area contributed by atoms with Crippen LogP contribution in [0.4, 0.5) is 0 Å². The van der Waals surface area contributed by atoms with Crippen molar-refractivity contribution in [2.24, 2.45) is 17.3 Å². The van der Waals surface area contributed by atoms with Gasteiger partial charge in [0.1, 0.15) is 0 Å². The van der Waals surface area contributed by atoms with Crippen molar-refractivity contribution >= 4 is 5.97 Å². The predicted molar refractivity (Wildman–Crippen MR) is 109 cm³/mol. The van der Waals surface area contributed by atoms with Crippen LogP contribution in [0, 0.1) is 28.6 Å². The first-order valence-corrected chi connectivity index (χ1v) is 10.5. The lowest BCUT2D eigenvalue weighted by atomic mass is 9.63. The van der Waals surface area contributed by atoms with Crippen LogP contribution in [0.5, 0.6) is 0 Å². The van der Waals surface area contributed by atoms with Gasteiger partial charge in [-0.3, -0.25) is 4.79 Å². The maximum absolute atomic E-state index is 10.3. The molecule has 2 aliphatic carbocycles. The van der Waals surface area contributed by atoms with Gasteiger partial charge in [0.05, 0.1) is 12.2 Å². The summed E-state index contributed by atoms with van der Waals surface area (Å²) in [6.45, 7) is 4.13. The molecule has 3 atom stereocenters. The SMILES string of the molecule is C/C=C\CCCC(=O)O.CCC1(C(O)C/C=C/[C@H]2CC[C@@H](C#N)C2)CCC1. The third-order valence-electron chi connectivity index (χ3n) is 6.18. The third-order valence-corrected chi connectivity index (χ3v) is 6.18. The zero-order chi connectivity index (χ0) is 20.1. The molecule has 2 rings (SSSR count). The van der Waals surface area contributed by atoms with Crippen LogP contribution in [-0.4, -0.2) is 22.3 Å². The molecule has 2 saturated carbocycles. The normalized spacial score (nSPS) is 24.8. The minimum atomic E-state index is -0.709. The molecule has 0 heterocycles. The topological polar surface area (TPSA) is 81.3 Å². The Balaban J connectivity index is 0.000000345. The van der Waals surface area contributed by atoms with E-state index in [0.29, 0.717) is 5.92 Å². The summed E-state index contributed by atoms with van der Waals surface area (Å²) in [6, 6.07) is 2.36. The van der Waals surface area contributed by atoms with E-state index in [1.807, 2.05) is 19.1 Å². The van der Waals surface area contributed by atoms with Crippen LogP contribution in [0.15, 0.2) is 24.3 Å². The van der Waals surface area contributed by atoms with E-state index in [2.05, 4.69) is 25.1 Å². The number of nitriles is 1. The van der Waals surface area contributed by atoms with Crippen molar-refractivity contribution in [3.05, 3.63) is 24.3 Å². The maximum atomic E-state index is 10.3. The van der Waals surface area contributed by atoms with E-state index in [0.717, 1.165) is 44.9 Å². The number of aliphatic hydroxyl groups is 1. The second-order valence-corrected chi connectivity index (χ2v) is 8.00. The van der Waals surface area contributed by atoms with Crippen LogP contribution in [0.1, 0.15) is 84.5 Å². The number of carbonyl (C=O) groups is 1. The zero-order valence-corrected chi connectivity index (χ0v) is 17.1. The van der Waals surface area contributed by atoms with Gasteiger partial charge in [0.15, 0.2) is 0 Å². The van der Waals surface area contributed by atoms with E-state index in [-0.39, 0.29) is 23.9 Å². The fourth-order valence-electron chi connectivity index (χ4n) is 4.05. The molecule has 4 nitrogen and oxygen atoms in total. The molecule has 27 heavy (non-hydrogen) atoms. The molecule has 4 heteroatoms. The van der Waals surface area contributed by atoms with Crippen LogP contribution < -0.4 is 0 Å². The monoisotopic (exact) mass is 375 g/mol. The zero-order valence-electron chi connectivity index (χ0n) is 17.1. The van der Waals surface area contributed by atoms with E-state index >= 15 is 0 Å². The highest BCUT2D eigenvalue weighted by molar-refractivity contribution is 5.66. The molecule has 0 radical (unpaired) electrons. The molecule has 2 fully saturated rings. The first-order chi connectivity index (χ1) is 13.0. The fraction of sp³-hybridized carbons (Fsp3) is 0.739. The van der Waals surface area contributed by atoms with Gasteiger partial charge in [-0.05, 0) is 76.0 Å². The van der Waals surface area contributed by atoms with Crippen molar-refractivity contribution in [2.45, 2.75) is 90.6 Å². The highest BCUT2D eigenvalue weighted by Crippen LogP contribution is 2.47. The molecule has 0 spiro atoms. The summed E-state index contributed by atoms with van der Waals surface area (Å²) in [5.74, 6) is 0.124. The Hall–Kier alpha value is -1.60. The molecule has 0 aromatic heterocycles. The molecule has 1 unspecified atom stereocenters.